The van der Waals surface area contributed by atoms with Crippen LogP contribution in [0.15, 0.2) is 54.7 Å². The van der Waals surface area contributed by atoms with Crippen LogP contribution >= 0.6 is 0 Å². The van der Waals surface area contributed by atoms with Gasteiger partial charge < -0.3 is 9.47 Å². The van der Waals surface area contributed by atoms with Gasteiger partial charge in [0.15, 0.2) is 11.6 Å². The number of aromatic nitrogens is 2. The maximum atomic E-state index is 13.7. The Bertz CT molecular complexity index is 1030. The predicted molar refractivity (Wildman–Crippen MR) is 100 cm³/mol. The van der Waals surface area contributed by atoms with Crippen molar-refractivity contribution in [3.05, 3.63) is 83.2 Å². The monoisotopic (exact) mass is 384 g/mol. The van der Waals surface area contributed by atoms with Crippen molar-refractivity contribution in [3.63, 3.8) is 0 Å². The van der Waals surface area contributed by atoms with Gasteiger partial charge in [-0.25, -0.2) is 8.78 Å². The summed E-state index contributed by atoms with van der Waals surface area (Å²) in [5.74, 6) is -1.18. The van der Waals surface area contributed by atoms with Gasteiger partial charge >= 0.3 is 0 Å². The number of aryl methyl sites for hydroxylation is 1. The number of benzene rings is 2. The zero-order chi connectivity index (χ0) is 20.1. The minimum atomic E-state index is -0.782. The van der Waals surface area contributed by atoms with Gasteiger partial charge in [0.1, 0.15) is 23.9 Å². The Morgan fingerprint density at radius 3 is 2.61 bits per heavy atom. The fourth-order valence-electron chi connectivity index (χ4n) is 2.57. The maximum Gasteiger partial charge on any atom is 0.206 e. The molecule has 0 atom stereocenters. The molecule has 0 amide bonds. The second-order valence-electron chi connectivity index (χ2n) is 6.01. The third-order valence-electron chi connectivity index (χ3n) is 3.97. The molecular weight excluding hydrogens is 366 g/mol. The molecule has 1 heterocycles. The highest BCUT2D eigenvalue weighted by molar-refractivity contribution is 6.05. The Kier molecular flexibility index (Phi) is 5.84. The van der Waals surface area contributed by atoms with Gasteiger partial charge in [-0.2, -0.15) is 5.10 Å². The Labute approximate surface area is 160 Å². The van der Waals surface area contributed by atoms with Crippen molar-refractivity contribution in [1.29, 1.82) is 0 Å². The van der Waals surface area contributed by atoms with Crippen LogP contribution in [0.25, 0.3) is 6.08 Å². The molecule has 144 valence electrons. The van der Waals surface area contributed by atoms with Crippen molar-refractivity contribution >= 4 is 11.9 Å². The summed E-state index contributed by atoms with van der Waals surface area (Å²) in [6.07, 6.45) is 4.77. The summed E-state index contributed by atoms with van der Waals surface area (Å²) < 4.78 is 39.0. The normalized spacial score (nSPS) is 11.0. The molecule has 0 radical (unpaired) electrons. The SMILES string of the molecule is COc1ccc(/C=C/C(=O)c2ccn(C)n2)cc1COc1ccc(F)cc1F. The second kappa shape index (κ2) is 8.47. The molecular formula is C21H18F2N2O3. The van der Waals surface area contributed by atoms with Crippen LogP contribution in [0.3, 0.4) is 0 Å². The maximum absolute atomic E-state index is 13.7. The highest BCUT2D eigenvalue weighted by Gasteiger charge is 2.09. The Morgan fingerprint density at radius 2 is 1.93 bits per heavy atom. The molecule has 2 aromatic carbocycles. The third kappa shape index (κ3) is 4.62. The van der Waals surface area contributed by atoms with Crippen molar-refractivity contribution < 1.29 is 23.0 Å². The highest BCUT2D eigenvalue weighted by atomic mass is 19.1. The lowest BCUT2D eigenvalue weighted by Gasteiger charge is -2.12. The molecule has 0 spiro atoms. The minimum Gasteiger partial charge on any atom is -0.496 e. The second-order valence-corrected chi connectivity index (χ2v) is 6.01. The van der Waals surface area contributed by atoms with Crippen LogP contribution in [0.1, 0.15) is 21.6 Å². The van der Waals surface area contributed by atoms with Crippen LogP contribution in [-0.2, 0) is 13.7 Å². The first-order chi connectivity index (χ1) is 13.5. The standard InChI is InChI=1S/C21H18F2N2O3/c1-25-10-9-18(24-25)19(26)6-3-14-4-7-20(27-2)15(11-14)13-28-21-8-5-16(22)12-17(21)23/h3-12H,13H2,1-2H3/b6-3+. The molecule has 0 N–H and O–H groups in total. The van der Waals surface area contributed by atoms with E-state index in [1.807, 2.05) is 0 Å². The summed E-state index contributed by atoms with van der Waals surface area (Å²) in [6, 6.07) is 10.0. The van der Waals surface area contributed by atoms with E-state index in [0.717, 1.165) is 17.7 Å². The molecule has 0 unspecified atom stereocenters. The van der Waals surface area contributed by atoms with Crippen LogP contribution < -0.4 is 9.47 Å². The van der Waals surface area contributed by atoms with Gasteiger partial charge in [0.2, 0.25) is 5.78 Å². The van der Waals surface area contributed by atoms with Gasteiger partial charge in [0.25, 0.3) is 0 Å². The van der Waals surface area contributed by atoms with Crippen molar-refractivity contribution in [2.45, 2.75) is 6.61 Å². The number of allylic oxidation sites excluding steroid dienone is 1. The lowest BCUT2D eigenvalue weighted by molar-refractivity contribution is 0.104. The Balaban J connectivity index is 1.75. The zero-order valence-corrected chi connectivity index (χ0v) is 15.4. The summed E-state index contributed by atoms with van der Waals surface area (Å²) in [5.41, 5.74) is 1.74. The average Bonchev–Trinajstić information content (AvgIpc) is 3.12. The van der Waals surface area contributed by atoms with Gasteiger partial charge in [-0.1, -0.05) is 12.1 Å². The van der Waals surface area contributed by atoms with E-state index in [1.54, 1.807) is 48.3 Å². The van der Waals surface area contributed by atoms with Gasteiger partial charge in [-0.05, 0) is 42.0 Å². The van der Waals surface area contributed by atoms with Crippen molar-refractivity contribution in [2.24, 2.45) is 7.05 Å². The summed E-state index contributed by atoms with van der Waals surface area (Å²) in [4.78, 5) is 12.1. The first kappa shape index (κ1) is 19.3. The molecule has 0 saturated carbocycles. The topological polar surface area (TPSA) is 53.4 Å². The third-order valence-corrected chi connectivity index (χ3v) is 3.97. The molecule has 0 aliphatic heterocycles. The van der Waals surface area contributed by atoms with Crippen LogP contribution in [-0.4, -0.2) is 22.7 Å². The van der Waals surface area contributed by atoms with Gasteiger partial charge in [0.05, 0.1) is 7.11 Å². The fourth-order valence-corrected chi connectivity index (χ4v) is 2.57. The molecule has 7 heteroatoms. The number of rotatable bonds is 7. The molecule has 0 bridgehead atoms. The van der Waals surface area contributed by atoms with Crippen molar-refractivity contribution in [1.82, 2.24) is 9.78 Å². The Morgan fingerprint density at radius 1 is 1.14 bits per heavy atom. The van der Waals surface area contributed by atoms with Crippen LogP contribution in [0.2, 0.25) is 0 Å². The fraction of sp³-hybridized carbons (Fsp3) is 0.143. The summed E-state index contributed by atoms with van der Waals surface area (Å²) in [6.45, 7) is 0.0155. The molecule has 5 nitrogen and oxygen atoms in total. The summed E-state index contributed by atoms with van der Waals surface area (Å²) in [5, 5.41) is 4.06. The molecule has 0 fully saturated rings. The number of methoxy groups -OCH3 is 1. The number of ketones is 1. The largest absolute Gasteiger partial charge is 0.496 e. The van der Waals surface area contributed by atoms with Crippen LogP contribution in [0.5, 0.6) is 11.5 Å². The van der Waals surface area contributed by atoms with Gasteiger partial charge in [0, 0.05) is 24.9 Å². The molecule has 28 heavy (non-hydrogen) atoms. The smallest absolute Gasteiger partial charge is 0.206 e. The summed E-state index contributed by atoms with van der Waals surface area (Å²) in [7, 11) is 3.25. The molecule has 3 rings (SSSR count). The van der Waals surface area contributed by atoms with Crippen LogP contribution in [0.4, 0.5) is 8.78 Å². The minimum absolute atomic E-state index is 0.0155. The quantitative estimate of drug-likeness (QED) is 0.453. The molecule has 1 aromatic heterocycles. The average molecular weight is 384 g/mol. The number of hydrogen-bond donors (Lipinski definition) is 0. The number of ether oxygens (including phenoxy) is 2. The highest BCUT2D eigenvalue weighted by Crippen LogP contribution is 2.24. The predicted octanol–water partition coefficient (Wildman–Crippen LogP) is 4.18. The first-order valence-electron chi connectivity index (χ1n) is 8.43. The van der Waals surface area contributed by atoms with E-state index in [1.165, 1.54) is 19.3 Å². The number of hydrogen-bond acceptors (Lipinski definition) is 4. The Hall–Kier alpha value is -3.48. The first-order valence-corrected chi connectivity index (χ1v) is 8.43. The number of nitrogens with zero attached hydrogens (tertiary/aromatic N) is 2. The van der Waals surface area contributed by atoms with E-state index in [-0.39, 0.29) is 18.1 Å². The van der Waals surface area contributed by atoms with E-state index >= 15 is 0 Å². The molecule has 0 aliphatic rings. The van der Waals surface area contributed by atoms with Crippen molar-refractivity contribution in [2.75, 3.05) is 7.11 Å². The number of carbonyl (C=O) groups is 1. The van der Waals surface area contributed by atoms with Crippen molar-refractivity contribution in [3.8, 4) is 11.5 Å². The van der Waals surface area contributed by atoms with Gasteiger partial charge in [-0.3, -0.25) is 9.48 Å². The molecule has 0 aliphatic carbocycles. The zero-order valence-electron chi connectivity index (χ0n) is 15.4. The van der Waals surface area contributed by atoms with E-state index in [2.05, 4.69) is 5.10 Å². The molecule has 0 saturated heterocycles. The van der Waals surface area contributed by atoms with E-state index < -0.39 is 11.6 Å². The number of halogens is 2. The summed E-state index contributed by atoms with van der Waals surface area (Å²) >= 11 is 0. The van der Waals surface area contributed by atoms with E-state index in [4.69, 9.17) is 9.47 Å². The van der Waals surface area contributed by atoms with Crippen LogP contribution in [0, 0.1) is 11.6 Å². The number of carbonyl (C=O) groups excluding carboxylic acids is 1. The lowest BCUT2D eigenvalue weighted by atomic mass is 10.1. The van der Waals surface area contributed by atoms with E-state index in [0.29, 0.717) is 17.0 Å². The van der Waals surface area contributed by atoms with Gasteiger partial charge in [-0.15, -0.1) is 0 Å². The van der Waals surface area contributed by atoms with E-state index in [9.17, 15) is 13.6 Å². The molecule has 3 aromatic rings. The lowest BCUT2D eigenvalue weighted by Crippen LogP contribution is -2.01.